The molecule has 0 spiro atoms. The van der Waals surface area contributed by atoms with Crippen LogP contribution < -0.4 is 20.9 Å². The fourth-order valence-electron chi connectivity index (χ4n) is 4.52. The number of carboxylic acid groups (broad SMARTS) is 1. The molecule has 0 radical (unpaired) electrons. The number of aromatic amines is 1. The number of aliphatic carboxylic acids is 1. The second kappa shape index (κ2) is 11.4. The maximum Gasteiger partial charge on any atom is 0.307 e. The van der Waals surface area contributed by atoms with Crippen LogP contribution >= 0.6 is 0 Å². The summed E-state index contributed by atoms with van der Waals surface area (Å²) in [5, 5.41) is 30.4. The van der Waals surface area contributed by atoms with Crippen LogP contribution in [0.4, 0.5) is 5.69 Å². The predicted molar refractivity (Wildman–Crippen MR) is 131 cm³/mol. The van der Waals surface area contributed by atoms with Crippen LogP contribution in [0.3, 0.4) is 0 Å². The number of nitrogens with one attached hydrogen (secondary N) is 4. The third kappa shape index (κ3) is 5.79. The Morgan fingerprint density at radius 2 is 1.89 bits per heavy atom. The van der Waals surface area contributed by atoms with E-state index in [1.165, 1.54) is 4.90 Å². The number of para-hydroxylation sites is 1. The summed E-state index contributed by atoms with van der Waals surface area (Å²) in [6.07, 6.45) is 1.10. The summed E-state index contributed by atoms with van der Waals surface area (Å²) in [6, 6.07) is 5.37. The van der Waals surface area contributed by atoms with Gasteiger partial charge >= 0.3 is 5.97 Å². The lowest BCUT2D eigenvalue weighted by molar-refractivity contribution is -0.140. The Balaban J connectivity index is 1.41. The predicted octanol–water partition coefficient (Wildman–Crippen LogP) is -0.858. The maximum absolute atomic E-state index is 13.3. The minimum atomic E-state index is -1.04. The SMILES string of the molecule is CC[C@H](C)[C@H](NC(=O)[C@H]1C[C@@H]1C(=O)O)C(=O)NCC(=O)N1c2ccccc2C[C@H]1C(=O)NCc1nn[nH]n1. The first-order valence-electron chi connectivity index (χ1n) is 12.4. The van der Waals surface area contributed by atoms with Crippen molar-refractivity contribution in [3.63, 3.8) is 0 Å². The molecule has 5 N–H and O–H groups in total. The average Bonchev–Trinajstić information content (AvgIpc) is 3.37. The number of H-pyrrole nitrogens is 1. The van der Waals surface area contributed by atoms with Crippen molar-refractivity contribution in [2.24, 2.45) is 17.8 Å². The monoisotopic (exact) mass is 526 g/mol. The molecule has 4 amide bonds. The summed E-state index contributed by atoms with van der Waals surface area (Å²) in [7, 11) is 0. The summed E-state index contributed by atoms with van der Waals surface area (Å²) in [4.78, 5) is 64.3. The lowest BCUT2D eigenvalue weighted by Crippen LogP contribution is -2.54. The lowest BCUT2D eigenvalue weighted by Gasteiger charge is -2.27. The molecule has 1 aromatic carbocycles. The Kier molecular flexibility index (Phi) is 7.98. The largest absolute Gasteiger partial charge is 0.481 e. The van der Waals surface area contributed by atoms with Crippen LogP contribution in [0.1, 0.15) is 38.1 Å². The zero-order chi connectivity index (χ0) is 27.4. The Morgan fingerprint density at radius 1 is 1.13 bits per heavy atom. The summed E-state index contributed by atoms with van der Waals surface area (Å²) in [6.45, 7) is 3.28. The van der Waals surface area contributed by atoms with Crippen molar-refractivity contribution in [2.75, 3.05) is 11.4 Å². The second-order valence-corrected chi connectivity index (χ2v) is 9.53. The number of hydrogen-bond acceptors (Lipinski definition) is 8. The van der Waals surface area contributed by atoms with Crippen molar-refractivity contribution in [1.29, 1.82) is 0 Å². The molecular weight excluding hydrogens is 496 g/mol. The molecule has 1 fully saturated rings. The van der Waals surface area contributed by atoms with Crippen molar-refractivity contribution in [1.82, 2.24) is 36.6 Å². The van der Waals surface area contributed by atoms with E-state index >= 15 is 0 Å². The van der Waals surface area contributed by atoms with Gasteiger partial charge in [0.1, 0.15) is 12.1 Å². The number of rotatable bonds is 11. The molecule has 1 aromatic heterocycles. The number of anilines is 1. The molecule has 202 valence electrons. The Bertz CT molecular complexity index is 1220. The number of aromatic nitrogens is 4. The Labute approximate surface area is 217 Å². The highest BCUT2D eigenvalue weighted by Gasteiger charge is 2.49. The van der Waals surface area contributed by atoms with Crippen LogP contribution in [0.5, 0.6) is 0 Å². The van der Waals surface area contributed by atoms with Gasteiger partial charge in [0.2, 0.25) is 23.6 Å². The first-order chi connectivity index (χ1) is 18.2. The van der Waals surface area contributed by atoms with Crippen LogP contribution in [0.2, 0.25) is 0 Å². The molecule has 0 unspecified atom stereocenters. The van der Waals surface area contributed by atoms with Crippen LogP contribution in [-0.2, 0) is 36.9 Å². The van der Waals surface area contributed by atoms with Gasteiger partial charge in [-0.15, -0.1) is 10.2 Å². The van der Waals surface area contributed by atoms with E-state index < -0.39 is 60.1 Å². The molecule has 1 aliphatic carbocycles. The summed E-state index contributed by atoms with van der Waals surface area (Å²) < 4.78 is 0. The van der Waals surface area contributed by atoms with Gasteiger partial charge in [0.25, 0.3) is 0 Å². The van der Waals surface area contributed by atoms with Crippen molar-refractivity contribution in [2.45, 2.75) is 51.7 Å². The van der Waals surface area contributed by atoms with Gasteiger partial charge in [-0.25, -0.2) is 0 Å². The van der Waals surface area contributed by atoms with E-state index in [4.69, 9.17) is 5.11 Å². The molecular formula is C24H30N8O6. The summed E-state index contributed by atoms with van der Waals surface area (Å²) in [5.74, 6) is -4.36. The highest BCUT2D eigenvalue weighted by Crippen LogP contribution is 2.39. The third-order valence-electron chi connectivity index (χ3n) is 7.01. The Morgan fingerprint density at radius 3 is 2.55 bits per heavy atom. The molecule has 1 saturated carbocycles. The fourth-order valence-corrected chi connectivity index (χ4v) is 4.52. The molecule has 14 heteroatoms. The molecule has 0 bridgehead atoms. The van der Waals surface area contributed by atoms with E-state index in [-0.39, 0.29) is 24.7 Å². The first kappa shape index (κ1) is 26.7. The second-order valence-electron chi connectivity index (χ2n) is 9.53. The number of hydrogen-bond donors (Lipinski definition) is 5. The molecule has 2 heterocycles. The van der Waals surface area contributed by atoms with Crippen LogP contribution in [0, 0.1) is 17.8 Å². The lowest BCUT2D eigenvalue weighted by atomic mass is 9.98. The number of carboxylic acids is 1. The van der Waals surface area contributed by atoms with Crippen molar-refractivity contribution in [3.05, 3.63) is 35.7 Å². The molecule has 4 rings (SSSR count). The molecule has 2 aliphatic rings. The first-order valence-corrected chi connectivity index (χ1v) is 12.4. The van der Waals surface area contributed by atoms with Gasteiger partial charge in [0.05, 0.1) is 24.9 Å². The molecule has 14 nitrogen and oxygen atoms in total. The summed E-state index contributed by atoms with van der Waals surface area (Å²) >= 11 is 0. The third-order valence-corrected chi connectivity index (χ3v) is 7.01. The van der Waals surface area contributed by atoms with E-state index in [0.717, 1.165) is 5.56 Å². The number of nitrogens with zero attached hydrogens (tertiary/aromatic N) is 4. The number of tetrazole rings is 1. The van der Waals surface area contributed by atoms with Gasteiger partial charge in [-0.3, -0.25) is 28.9 Å². The van der Waals surface area contributed by atoms with Gasteiger partial charge in [-0.05, 0) is 24.0 Å². The minimum Gasteiger partial charge on any atom is -0.481 e. The van der Waals surface area contributed by atoms with Gasteiger partial charge in [0, 0.05) is 12.1 Å². The number of carbonyl (C=O) groups excluding carboxylic acids is 4. The van der Waals surface area contributed by atoms with Crippen molar-refractivity contribution < 1.29 is 29.1 Å². The van der Waals surface area contributed by atoms with Crippen molar-refractivity contribution >= 4 is 35.3 Å². The van der Waals surface area contributed by atoms with Crippen LogP contribution in [0.15, 0.2) is 24.3 Å². The van der Waals surface area contributed by atoms with E-state index in [9.17, 15) is 24.0 Å². The Hall–Kier alpha value is -4.36. The van der Waals surface area contributed by atoms with Gasteiger partial charge in [-0.2, -0.15) is 5.21 Å². The zero-order valence-corrected chi connectivity index (χ0v) is 21.0. The fraction of sp³-hybridized carbons (Fsp3) is 0.500. The van der Waals surface area contributed by atoms with Crippen molar-refractivity contribution in [3.8, 4) is 0 Å². The molecule has 1 aliphatic heterocycles. The van der Waals surface area contributed by atoms with E-state index in [0.29, 0.717) is 18.5 Å². The molecule has 0 saturated heterocycles. The smallest absolute Gasteiger partial charge is 0.307 e. The van der Waals surface area contributed by atoms with E-state index in [1.807, 2.05) is 19.1 Å². The van der Waals surface area contributed by atoms with Gasteiger partial charge in [0.15, 0.2) is 5.82 Å². The highest BCUT2D eigenvalue weighted by atomic mass is 16.4. The molecule has 38 heavy (non-hydrogen) atoms. The van der Waals surface area contributed by atoms with Gasteiger partial charge < -0.3 is 21.1 Å². The number of amides is 4. The normalized spacial score (nSPS) is 21.1. The number of carbonyl (C=O) groups is 5. The molecule has 5 atom stereocenters. The quantitative estimate of drug-likeness (QED) is 0.247. The average molecular weight is 527 g/mol. The number of fused-ring (bicyclic) bond motifs is 1. The maximum atomic E-state index is 13.3. The van der Waals surface area contributed by atoms with E-state index in [2.05, 4.69) is 36.6 Å². The highest BCUT2D eigenvalue weighted by molar-refractivity contribution is 6.05. The number of benzene rings is 1. The van der Waals surface area contributed by atoms with E-state index in [1.54, 1.807) is 19.1 Å². The minimum absolute atomic E-state index is 0.0287. The topological polar surface area (TPSA) is 199 Å². The molecule has 2 aromatic rings. The summed E-state index contributed by atoms with van der Waals surface area (Å²) in [5.41, 5.74) is 1.39. The standard InChI is InChI=1S/C24H30N8O6/c1-3-12(2)20(27-21(34)14-9-15(14)24(37)38)23(36)26-11-19(33)32-16-7-5-4-6-13(16)8-17(32)22(35)25-10-18-28-30-31-29-18/h4-7,12,14-15,17,20H,3,8-11H2,1-2H3,(H,25,35)(H,26,36)(H,27,34)(H,37,38)(H,28,29,30,31)/t12-,14-,15-,17-,20-/m0/s1. The van der Waals surface area contributed by atoms with Crippen LogP contribution in [0.25, 0.3) is 0 Å². The van der Waals surface area contributed by atoms with Crippen LogP contribution in [-0.4, -0.2) is 74.0 Å². The van der Waals surface area contributed by atoms with Gasteiger partial charge in [-0.1, -0.05) is 43.7 Å². The zero-order valence-electron chi connectivity index (χ0n) is 21.0.